The van der Waals surface area contributed by atoms with E-state index in [1.807, 2.05) is 24.3 Å². The summed E-state index contributed by atoms with van der Waals surface area (Å²) in [6.45, 7) is 3.92. The molecule has 1 fully saturated rings. The van der Waals surface area contributed by atoms with Gasteiger partial charge in [-0.25, -0.2) is 0 Å². The zero-order valence-corrected chi connectivity index (χ0v) is 14.2. The Kier molecular flexibility index (Phi) is 5.04. The lowest BCUT2D eigenvalue weighted by molar-refractivity contribution is 0.0716. The molecule has 3 atom stereocenters. The summed E-state index contributed by atoms with van der Waals surface area (Å²) in [7, 11) is 1.64. The lowest BCUT2D eigenvalue weighted by atomic mass is 9.92. The van der Waals surface area contributed by atoms with Crippen LogP contribution in [0.5, 0.6) is 5.75 Å². The first kappa shape index (κ1) is 16.1. The third kappa shape index (κ3) is 3.60. The Hall–Kier alpha value is -1.77. The molecule has 124 valence electrons. The van der Waals surface area contributed by atoms with Gasteiger partial charge in [-0.3, -0.25) is 4.79 Å². The monoisotopic (exact) mass is 313 g/mol. The van der Waals surface area contributed by atoms with Crippen LogP contribution in [0.2, 0.25) is 0 Å². The molecule has 2 aliphatic rings. The van der Waals surface area contributed by atoms with E-state index in [9.17, 15) is 4.79 Å². The number of carbonyl (C=O) groups excluding carboxylic acids is 1. The zero-order valence-electron chi connectivity index (χ0n) is 14.2. The van der Waals surface area contributed by atoms with Crippen molar-refractivity contribution in [1.29, 1.82) is 0 Å². The van der Waals surface area contributed by atoms with E-state index in [0.29, 0.717) is 11.8 Å². The van der Waals surface area contributed by atoms with Crippen molar-refractivity contribution in [3.05, 3.63) is 42.0 Å². The molecule has 0 aliphatic heterocycles. The summed E-state index contributed by atoms with van der Waals surface area (Å²) >= 11 is 0. The molecule has 1 amide bonds. The van der Waals surface area contributed by atoms with Crippen LogP contribution < -0.4 is 4.74 Å². The lowest BCUT2D eigenvalue weighted by Gasteiger charge is -2.29. The summed E-state index contributed by atoms with van der Waals surface area (Å²) in [6, 6.07) is 7.52. The molecule has 2 aliphatic carbocycles. The van der Waals surface area contributed by atoms with Gasteiger partial charge in [0.25, 0.3) is 5.91 Å². The van der Waals surface area contributed by atoms with Crippen molar-refractivity contribution in [3.8, 4) is 5.75 Å². The van der Waals surface area contributed by atoms with Gasteiger partial charge in [0.05, 0.1) is 7.11 Å². The number of hydrogen-bond donors (Lipinski definition) is 0. The van der Waals surface area contributed by atoms with Gasteiger partial charge in [0.1, 0.15) is 5.75 Å². The third-order valence-electron chi connectivity index (χ3n) is 5.26. The number of allylic oxidation sites excluding steroid dienone is 2. The smallest absolute Gasteiger partial charge is 0.253 e. The van der Waals surface area contributed by atoms with Crippen molar-refractivity contribution in [2.45, 2.75) is 32.6 Å². The van der Waals surface area contributed by atoms with Crippen LogP contribution in [0.25, 0.3) is 0 Å². The first-order valence-electron chi connectivity index (χ1n) is 8.83. The van der Waals surface area contributed by atoms with E-state index in [0.717, 1.165) is 43.2 Å². The number of fused-ring (bicyclic) bond motifs is 2. The number of unbranched alkanes of at least 4 members (excludes halogenated alkanes) is 1. The van der Waals surface area contributed by atoms with Gasteiger partial charge < -0.3 is 9.64 Å². The molecule has 0 saturated heterocycles. The van der Waals surface area contributed by atoms with Gasteiger partial charge in [-0.15, -0.1) is 0 Å². The van der Waals surface area contributed by atoms with Crippen molar-refractivity contribution in [1.82, 2.24) is 4.90 Å². The van der Waals surface area contributed by atoms with Gasteiger partial charge in [0, 0.05) is 18.7 Å². The second-order valence-electron chi connectivity index (χ2n) is 6.88. The molecule has 23 heavy (non-hydrogen) atoms. The molecule has 1 aromatic rings. The highest BCUT2D eigenvalue weighted by atomic mass is 16.5. The van der Waals surface area contributed by atoms with E-state index in [4.69, 9.17) is 4.74 Å². The van der Waals surface area contributed by atoms with Crippen LogP contribution in [-0.2, 0) is 0 Å². The Morgan fingerprint density at radius 1 is 1.30 bits per heavy atom. The quantitative estimate of drug-likeness (QED) is 0.708. The number of amides is 1. The molecule has 2 bridgehead atoms. The summed E-state index contributed by atoms with van der Waals surface area (Å²) in [5.41, 5.74) is 0.735. The van der Waals surface area contributed by atoms with E-state index in [2.05, 4.69) is 24.0 Å². The van der Waals surface area contributed by atoms with Crippen LogP contribution in [0, 0.1) is 17.8 Å². The largest absolute Gasteiger partial charge is 0.497 e. The SMILES string of the molecule is CCCCN(CC1CC2C=CC1C2)C(=O)c1cccc(OC)c1. The number of methoxy groups -OCH3 is 1. The van der Waals surface area contributed by atoms with E-state index >= 15 is 0 Å². The maximum absolute atomic E-state index is 13.0. The van der Waals surface area contributed by atoms with E-state index < -0.39 is 0 Å². The van der Waals surface area contributed by atoms with E-state index in [1.165, 1.54) is 12.8 Å². The molecule has 0 radical (unpaired) electrons. The Balaban J connectivity index is 1.72. The number of rotatable bonds is 7. The summed E-state index contributed by atoms with van der Waals surface area (Å²) in [6.07, 6.45) is 9.44. The van der Waals surface area contributed by atoms with Crippen molar-refractivity contribution >= 4 is 5.91 Å². The number of hydrogen-bond acceptors (Lipinski definition) is 2. The van der Waals surface area contributed by atoms with Gasteiger partial charge in [-0.05, 0) is 55.2 Å². The molecule has 1 aromatic carbocycles. The predicted molar refractivity (Wildman–Crippen MR) is 92.6 cm³/mol. The number of carbonyl (C=O) groups is 1. The molecule has 0 heterocycles. The zero-order chi connectivity index (χ0) is 16.2. The number of nitrogens with zero attached hydrogens (tertiary/aromatic N) is 1. The fourth-order valence-corrected chi connectivity index (χ4v) is 3.95. The van der Waals surface area contributed by atoms with Crippen LogP contribution in [0.1, 0.15) is 43.0 Å². The fourth-order valence-electron chi connectivity index (χ4n) is 3.95. The topological polar surface area (TPSA) is 29.5 Å². The Labute approximate surface area is 139 Å². The third-order valence-corrected chi connectivity index (χ3v) is 5.26. The summed E-state index contributed by atoms with van der Waals surface area (Å²) in [5, 5.41) is 0. The average Bonchev–Trinajstić information content (AvgIpc) is 3.21. The Morgan fingerprint density at radius 2 is 2.17 bits per heavy atom. The molecular formula is C20H27NO2. The normalized spacial score (nSPS) is 24.9. The highest BCUT2D eigenvalue weighted by Gasteiger charge is 2.37. The van der Waals surface area contributed by atoms with Crippen molar-refractivity contribution < 1.29 is 9.53 Å². The van der Waals surface area contributed by atoms with Crippen LogP contribution >= 0.6 is 0 Å². The van der Waals surface area contributed by atoms with Gasteiger partial charge in [-0.1, -0.05) is 31.6 Å². The van der Waals surface area contributed by atoms with E-state index in [-0.39, 0.29) is 5.91 Å². The van der Waals surface area contributed by atoms with Gasteiger partial charge in [-0.2, -0.15) is 0 Å². The molecule has 3 rings (SSSR count). The predicted octanol–water partition coefficient (Wildman–Crippen LogP) is 4.15. The molecule has 0 spiro atoms. The van der Waals surface area contributed by atoms with Crippen LogP contribution in [-0.4, -0.2) is 31.0 Å². The molecular weight excluding hydrogens is 286 g/mol. The van der Waals surface area contributed by atoms with Gasteiger partial charge >= 0.3 is 0 Å². The van der Waals surface area contributed by atoms with Crippen LogP contribution in [0.4, 0.5) is 0 Å². The van der Waals surface area contributed by atoms with Crippen molar-refractivity contribution in [2.75, 3.05) is 20.2 Å². The summed E-state index contributed by atoms with van der Waals surface area (Å²) in [4.78, 5) is 15.0. The number of benzene rings is 1. The Bertz CT molecular complexity index is 581. The minimum absolute atomic E-state index is 0.143. The lowest BCUT2D eigenvalue weighted by Crippen LogP contribution is -2.37. The van der Waals surface area contributed by atoms with Crippen molar-refractivity contribution in [2.24, 2.45) is 17.8 Å². The molecule has 3 heteroatoms. The highest BCUT2D eigenvalue weighted by molar-refractivity contribution is 5.94. The minimum Gasteiger partial charge on any atom is -0.497 e. The maximum Gasteiger partial charge on any atom is 0.253 e. The molecule has 0 aromatic heterocycles. The van der Waals surface area contributed by atoms with Gasteiger partial charge in [0.15, 0.2) is 0 Å². The standard InChI is InChI=1S/C20H27NO2/c1-3-4-10-21(14-18-12-15-8-9-16(18)11-15)20(22)17-6-5-7-19(13-17)23-2/h5-9,13,15-16,18H,3-4,10-12,14H2,1-2H3. The molecule has 0 N–H and O–H groups in total. The summed E-state index contributed by atoms with van der Waals surface area (Å²) in [5.74, 6) is 2.96. The maximum atomic E-state index is 13.0. The van der Waals surface area contributed by atoms with E-state index in [1.54, 1.807) is 7.11 Å². The van der Waals surface area contributed by atoms with Crippen LogP contribution in [0.15, 0.2) is 36.4 Å². The van der Waals surface area contributed by atoms with Crippen LogP contribution in [0.3, 0.4) is 0 Å². The Morgan fingerprint density at radius 3 is 2.83 bits per heavy atom. The first-order chi connectivity index (χ1) is 11.2. The summed E-state index contributed by atoms with van der Waals surface area (Å²) < 4.78 is 5.26. The second kappa shape index (κ2) is 7.20. The molecule has 1 saturated carbocycles. The van der Waals surface area contributed by atoms with Gasteiger partial charge in [0.2, 0.25) is 0 Å². The molecule has 3 nitrogen and oxygen atoms in total. The fraction of sp³-hybridized carbons (Fsp3) is 0.550. The highest BCUT2D eigenvalue weighted by Crippen LogP contribution is 2.43. The second-order valence-corrected chi connectivity index (χ2v) is 6.88. The average molecular weight is 313 g/mol. The minimum atomic E-state index is 0.143. The van der Waals surface area contributed by atoms with Crippen molar-refractivity contribution in [3.63, 3.8) is 0 Å². The first-order valence-corrected chi connectivity index (χ1v) is 8.83. The molecule has 3 unspecified atom stereocenters. The number of ether oxygens (including phenoxy) is 1.